The molecule has 1 saturated heterocycles. The molecule has 25 heavy (non-hydrogen) atoms. The number of hydrogen-bond acceptors (Lipinski definition) is 3. The largest absolute Gasteiger partial charge is 0.493 e. The van der Waals surface area contributed by atoms with Crippen molar-refractivity contribution in [1.82, 2.24) is 4.90 Å². The summed E-state index contributed by atoms with van der Waals surface area (Å²) in [6.07, 6.45) is 2.03. The summed E-state index contributed by atoms with van der Waals surface area (Å²) in [5.41, 5.74) is 4.33. The molecule has 2 aromatic carbocycles. The molecule has 0 bridgehead atoms. The molecule has 1 fully saturated rings. The lowest BCUT2D eigenvalue weighted by atomic mass is 9.99. The number of hydrogen-bond donors (Lipinski definition) is 0. The van der Waals surface area contributed by atoms with Gasteiger partial charge in [-0.15, -0.1) is 0 Å². The maximum Gasteiger partial charge on any atom is 0.254 e. The van der Waals surface area contributed by atoms with E-state index in [4.69, 9.17) is 9.47 Å². The van der Waals surface area contributed by atoms with Crippen LogP contribution in [-0.4, -0.2) is 31.6 Å². The molecule has 1 aliphatic rings. The number of ether oxygens (including phenoxy) is 2. The summed E-state index contributed by atoms with van der Waals surface area (Å²) in [5.74, 6) is 1.25. The van der Waals surface area contributed by atoms with Gasteiger partial charge in [-0.1, -0.05) is 29.3 Å². The highest BCUT2D eigenvalue weighted by Gasteiger charge is 2.31. The molecule has 0 aromatic heterocycles. The van der Waals surface area contributed by atoms with Gasteiger partial charge in [-0.2, -0.15) is 0 Å². The van der Waals surface area contributed by atoms with Gasteiger partial charge in [-0.25, -0.2) is 0 Å². The summed E-state index contributed by atoms with van der Waals surface area (Å²) in [4.78, 5) is 15.1. The molecular formula is C21H25NO3. The maximum atomic E-state index is 13.1. The Morgan fingerprint density at radius 2 is 1.68 bits per heavy atom. The number of aryl methyl sites for hydroxylation is 2. The fraction of sp³-hybridized carbons (Fsp3) is 0.381. The zero-order valence-corrected chi connectivity index (χ0v) is 15.3. The number of amides is 1. The Balaban J connectivity index is 1.90. The molecule has 1 heterocycles. The molecule has 0 spiro atoms. The van der Waals surface area contributed by atoms with Crippen LogP contribution in [-0.2, 0) is 0 Å². The predicted octanol–water partition coefficient (Wildman–Crippen LogP) is 4.30. The van der Waals surface area contributed by atoms with Crippen molar-refractivity contribution >= 4 is 5.91 Å². The molecule has 1 atom stereocenters. The Morgan fingerprint density at radius 3 is 2.32 bits per heavy atom. The van der Waals surface area contributed by atoms with Crippen molar-refractivity contribution in [3.8, 4) is 11.5 Å². The third-order valence-electron chi connectivity index (χ3n) is 4.77. The summed E-state index contributed by atoms with van der Waals surface area (Å²) >= 11 is 0. The summed E-state index contributed by atoms with van der Waals surface area (Å²) < 4.78 is 10.6. The minimum atomic E-state index is 0.0441. The van der Waals surface area contributed by atoms with Crippen molar-refractivity contribution in [2.45, 2.75) is 32.7 Å². The molecule has 1 unspecified atom stereocenters. The standard InChI is InChI=1S/C21H25NO3/c1-14-10-15(2)12-17(11-14)18-6-5-9-22(18)21(23)16-7-8-19(24-3)20(13-16)25-4/h7-8,10-13,18H,5-6,9H2,1-4H3. The minimum Gasteiger partial charge on any atom is -0.493 e. The number of benzene rings is 2. The zero-order chi connectivity index (χ0) is 18.0. The highest BCUT2D eigenvalue weighted by atomic mass is 16.5. The summed E-state index contributed by atoms with van der Waals surface area (Å²) in [6, 6.07) is 12.0. The van der Waals surface area contributed by atoms with Crippen molar-refractivity contribution in [3.63, 3.8) is 0 Å². The summed E-state index contributed by atoms with van der Waals surface area (Å²) in [5, 5.41) is 0. The van der Waals surface area contributed by atoms with E-state index in [0.717, 1.165) is 19.4 Å². The lowest BCUT2D eigenvalue weighted by Crippen LogP contribution is -2.30. The normalized spacial score (nSPS) is 16.8. The second-order valence-electron chi connectivity index (χ2n) is 6.65. The van der Waals surface area contributed by atoms with Crippen molar-refractivity contribution < 1.29 is 14.3 Å². The molecular weight excluding hydrogens is 314 g/mol. The second kappa shape index (κ2) is 7.18. The van der Waals surface area contributed by atoms with Gasteiger partial charge in [0.1, 0.15) is 0 Å². The maximum absolute atomic E-state index is 13.1. The third kappa shape index (κ3) is 3.48. The Bertz CT molecular complexity index is 764. The molecule has 132 valence electrons. The van der Waals surface area contributed by atoms with E-state index >= 15 is 0 Å². The van der Waals surface area contributed by atoms with Gasteiger partial charge in [-0.05, 0) is 50.5 Å². The quantitative estimate of drug-likeness (QED) is 0.834. The number of methoxy groups -OCH3 is 2. The lowest BCUT2D eigenvalue weighted by molar-refractivity contribution is 0.0735. The van der Waals surface area contributed by atoms with Gasteiger partial charge in [0, 0.05) is 12.1 Å². The molecule has 3 rings (SSSR count). The number of carbonyl (C=O) groups is 1. The van der Waals surface area contributed by atoms with E-state index in [-0.39, 0.29) is 11.9 Å². The second-order valence-corrected chi connectivity index (χ2v) is 6.65. The smallest absolute Gasteiger partial charge is 0.254 e. The van der Waals surface area contributed by atoms with Crippen LogP contribution in [0.2, 0.25) is 0 Å². The Hall–Kier alpha value is -2.49. The molecule has 0 saturated carbocycles. The van der Waals surface area contributed by atoms with Gasteiger partial charge in [0.15, 0.2) is 11.5 Å². The van der Waals surface area contributed by atoms with Gasteiger partial charge >= 0.3 is 0 Å². The van der Waals surface area contributed by atoms with Crippen LogP contribution in [0, 0.1) is 13.8 Å². The molecule has 2 aromatic rings. The average Bonchev–Trinajstić information content (AvgIpc) is 3.09. The van der Waals surface area contributed by atoms with Gasteiger partial charge in [0.25, 0.3) is 5.91 Å². The van der Waals surface area contributed by atoms with Crippen molar-refractivity contribution in [2.75, 3.05) is 20.8 Å². The van der Waals surface area contributed by atoms with Crippen molar-refractivity contribution in [1.29, 1.82) is 0 Å². The molecule has 0 radical (unpaired) electrons. The van der Waals surface area contributed by atoms with E-state index in [1.165, 1.54) is 16.7 Å². The van der Waals surface area contributed by atoms with Gasteiger partial charge in [0.2, 0.25) is 0 Å². The number of carbonyl (C=O) groups excluding carboxylic acids is 1. The van der Waals surface area contributed by atoms with E-state index in [9.17, 15) is 4.79 Å². The Kier molecular flexibility index (Phi) is 4.98. The fourth-order valence-electron chi connectivity index (χ4n) is 3.69. The highest BCUT2D eigenvalue weighted by molar-refractivity contribution is 5.95. The van der Waals surface area contributed by atoms with Gasteiger partial charge < -0.3 is 14.4 Å². The molecule has 0 aliphatic carbocycles. The minimum absolute atomic E-state index is 0.0441. The van der Waals surface area contributed by atoms with E-state index < -0.39 is 0 Å². The number of likely N-dealkylation sites (tertiary alicyclic amines) is 1. The van der Waals surface area contributed by atoms with Crippen LogP contribution in [0.3, 0.4) is 0 Å². The fourth-order valence-corrected chi connectivity index (χ4v) is 3.69. The first-order valence-corrected chi connectivity index (χ1v) is 8.64. The molecule has 4 nitrogen and oxygen atoms in total. The van der Waals surface area contributed by atoms with Crippen molar-refractivity contribution in [2.24, 2.45) is 0 Å². The van der Waals surface area contributed by atoms with Crippen LogP contribution in [0.25, 0.3) is 0 Å². The average molecular weight is 339 g/mol. The third-order valence-corrected chi connectivity index (χ3v) is 4.77. The first-order valence-electron chi connectivity index (χ1n) is 8.64. The monoisotopic (exact) mass is 339 g/mol. The number of rotatable bonds is 4. The van der Waals surface area contributed by atoms with Crippen LogP contribution in [0.15, 0.2) is 36.4 Å². The van der Waals surface area contributed by atoms with E-state index in [0.29, 0.717) is 17.1 Å². The Morgan fingerprint density at radius 1 is 1.00 bits per heavy atom. The predicted molar refractivity (Wildman–Crippen MR) is 98.5 cm³/mol. The molecule has 1 aliphatic heterocycles. The zero-order valence-electron chi connectivity index (χ0n) is 15.3. The van der Waals surface area contributed by atoms with Crippen LogP contribution in [0.5, 0.6) is 11.5 Å². The summed E-state index contributed by atoms with van der Waals surface area (Å²) in [6.45, 7) is 4.99. The Labute approximate surface area is 149 Å². The summed E-state index contributed by atoms with van der Waals surface area (Å²) in [7, 11) is 3.18. The van der Waals surface area contributed by atoms with Crippen LogP contribution in [0.1, 0.15) is 45.9 Å². The SMILES string of the molecule is COc1ccc(C(=O)N2CCCC2c2cc(C)cc(C)c2)cc1OC. The van der Waals surface area contributed by atoms with Crippen molar-refractivity contribution in [3.05, 3.63) is 58.7 Å². The number of nitrogens with zero attached hydrogens (tertiary/aromatic N) is 1. The first kappa shape index (κ1) is 17.3. The van der Waals surface area contributed by atoms with Crippen LogP contribution in [0.4, 0.5) is 0 Å². The van der Waals surface area contributed by atoms with Gasteiger partial charge in [-0.3, -0.25) is 4.79 Å². The van der Waals surface area contributed by atoms with E-state index in [1.807, 2.05) is 4.90 Å². The first-order chi connectivity index (χ1) is 12.0. The molecule has 0 N–H and O–H groups in total. The lowest BCUT2D eigenvalue weighted by Gasteiger charge is -2.26. The van der Waals surface area contributed by atoms with Crippen LogP contribution < -0.4 is 9.47 Å². The highest BCUT2D eigenvalue weighted by Crippen LogP contribution is 2.35. The van der Waals surface area contributed by atoms with E-state index in [2.05, 4.69) is 32.0 Å². The van der Waals surface area contributed by atoms with Gasteiger partial charge in [0.05, 0.1) is 20.3 Å². The molecule has 1 amide bonds. The van der Waals surface area contributed by atoms with E-state index in [1.54, 1.807) is 32.4 Å². The topological polar surface area (TPSA) is 38.8 Å². The van der Waals surface area contributed by atoms with Crippen LogP contribution >= 0.6 is 0 Å². The molecule has 4 heteroatoms.